The van der Waals surface area contributed by atoms with Gasteiger partial charge in [-0.1, -0.05) is 19.8 Å². The van der Waals surface area contributed by atoms with Gasteiger partial charge in [0.2, 0.25) is 5.91 Å². The Kier molecular flexibility index (Phi) is 4.68. The van der Waals surface area contributed by atoms with Gasteiger partial charge in [-0.2, -0.15) is 0 Å². The van der Waals surface area contributed by atoms with E-state index in [1.807, 2.05) is 6.92 Å². The van der Waals surface area contributed by atoms with Crippen LogP contribution in [0.1, 0.15) is 39.5 Å². The fourth-order valence-corrected chi connectivity index (χ4v) is 4.27. The smallest absolute Gasteiger partial charge is 0.325 e. The Hall–Kier alpha value is -3.10. The molecule has 9 heteroatoms. The molecular formula is C20H24N4O5. The lowest BCUT2D eigenvalue weighted by molar-refractivity contribution is -0.136. The molecule has 2 fully saturated rings. The molecule has 3 atom stereocenters. The largest absolute Gasteiger partial charge is 0.479 e. The van der Waals surface area contributed by atoms with Crippen molar-refractivity contribution in [2.45, 2.75) is 51.2 Å². The van der Waals surface area contributed by atoms with Crippen LogP contribution in [-0.4, -0.2) is 46.8 Å². The summed E-state index contributed by atoms with van der Waals surface area (Å²) in [6.45, 7) is 3.24. The van der Waals surface area contributed by atoms with Crippen molar-refractivity contribution < 1.29 is 23.9 Å². The first-order valence-electron chi connectivity index (χ1n) is 9.86. The second kappa shape index (κ2) is 7.06. The number of ether oxygens (including phenoxy) is 1. The lowest BCUT2D eigenvalue weighted by Gasteiger charge is -2.36. The summed E-state index contributed by atoms with van der Waals surface area (Å²) in [5, 5.41) is 8.21. The van der Waals surface area contributed by atoms with Crippen LogP contribution in [0.3, 0.4) is 0 Å². The number of imide groups is 1. The van der Waals surface area contributed by atoms with Gasteiger partial charge in [0.1, 0.15) is 17.8 Å². The van der Waals surface area contributed by atoms with E-state index >= 15 is 0 Å². The Morgan fingerprint density at radius 1 is 1.28 bits per heavy atom. The number of carbonyl (C=O) groups is 4. The number of fused-ring (bicyclic) bond motifs is 1. The van der Waals surface area contributed by atoms with E-state index in [0.29, 0.717) is 23.5 Å². The van der Waals surface area contributed by atoms with Gasteiger partial charge in [-0.05, 0) is 43.9 Å². The number of rotatable bonds is 3. The molecule has 9 nitrogen and oxygen atoms in total. The molecule has 2 heterocycles. The minimum Gasteiger partial charge on any atom is -0.479 e. The van der Waals surface area contributed by atoms with Crippen LogP contribution in [0.15, 0.2) is 18.2 Å². The monoisotopic (exact) mass is 400 g/mol. The third-order valence-corrected chi connectivity index (χ3v) is 6.00. The first kappa shape index (κ1) is 19.2. The molecule has 1 aromatic rings. The normalized spacial score (nSPS) is 28.5. The summed E-state index contributed by atoms with van der Waals surface area (Å²) in [6.07, 6.45) is 2.78. The predicted molar refractivity (Wildman–Crippen MR) is 104 cm³/mol. The van der Waals surface area contributed by atoms with Crippen molar-refractivity contribution in [1.82, 2.24) is 10.2 Å². The average molecular weight is 400 g/mol. The molecule has 3 aliphatic rings. The van der Waals surface area contributed by atoms with Crippen LogP contribution in [0.25, 0.3) is 0 Å². The molecule has 1 aliphatic carbocycles. The number of nitrogens with one attached hydrogen (secondary N) is 3. The molecule has 1 aromatic carbocycles. The summed E-state index contributed by atoms with van der Waals surface area (Å²) in [6, 6.07) is 4.33. The fourth-order valence-electron chi connectivity index (χ4n) is 4.27. The Morgan fingerprint density at radius 2 is 2.07 bits per heavy atom. The summed E-state index contributed by atoms with van der Waals surface area (Å²) < 4.78 is 5.48. The van der Waals surface area contributed by atoms with Crippen LogP contribution < -0.4 is 20.7 Å². The molecule has 0 unspecified atom stereocenters. The number of carbonyl (C=O) groups excluding carboxylic acids is 4. The van der Waals surface area contributed by atoms with Crippen molar-refractivity contribution in [2.24, 2.45) is 5.92 Å². The minimum absolute atomic E-state index is 0.0346. The highest BCUT2D eigenvalue weighted by Gasteiger charge is 2.55. The zero-order valence-electron chi connectivity index (χ0n) is 16.4. The van der Waals surface area contributed by atoms with E-state index in [0.717, 1.165) is 24.2 Å². The van der Waals surface area contributed by atoms with Crippen LogP contribution >= 0.6 is 0 Å². The van der Waals surface area contributed by atoms with E-state index in [1.54, 1.807) is 25.1 Å². The van der Waals surface area contributed by atoms with Crippen molar-refractivity contribution in [3.05, 3.63) is 18.2 Å². The highest BCUT2D eigenvalue weighted by molar-refractivity contribution is 6.10. The molecule has 5 amide bonds. The summed E-state index contributed by atoms with van der Waals surface area (Å²) in [7, 11) is 0. The molecule has 29 heavy (non-hydrogen) atoms. The Labute approximate surface area is 168 Å². The molecule has 2 aliphatic heterocycles. The standard InChI is InChI=1S/C20H24N4O5/c1-11-5-3-4-8-20(11)18(27)24(19(28)23-20)10-16(25)21-13-6-7-15-14(9-13)22-17(26)12(2)29-15/h6-7,9,11-12H,3-5,8,10H2,1-2H3,(H,21,25)(H,22,26)(H,23,28)/t11-,12+,20+/m1/s1. The van der Waals surface area contributed by atoms with Gasteiger partial charge >= 0.3 is 6.03 Å². The van der Waals surface area contributed by atoms with Gasteiger partial charge in [-0.3, -0.25) is 19.3 Å². The van der Waals surface area contributed by atoms with Gasteiger partial charge in [0, 0.05) is 5.69 Å². The second-order valence-electron chi connectivity index (χ2n) is 7.95. The Bertz CT molecular complexity index is 901. The highest BCUT2D eigenvalue weighted by Crippen LogP contribution is 2.38. The number of urea groups is 1. The van der Waals surface area contributed by atoms with Crippen LogP contribution in [0, 0.1) is 5.92 Å². The maximum absolute atomic E-state index is 12.9. The number of hydrogen-bond acceptors (Lipinski definition) is 5. The first-order chi connectivity index (χ1) is 13.8. The predicted octanol–water partition coefficient (Wildman–Crippen LogP) is 1.85. The van der Waals surface area contributed by atoms with Crippen molar-refractivity contribution in [3.8, 4) is 5.75 Å². The van der Waals surface area contributed by atoms with E-state index in [4.69, 9.17) is 4.74 Å². The molecule has 0 bridgehead atoms. The van der Waals surface area contributed by atoms with Gasteiger partial charge in [0.05, 0.1) is 5.69 Å². The molecule has 1 spiro atoms. The quantitative estimate of drug-likeness (QED) is 0.670. The number of benzene rings is 1. The number of hydrogen-bond donors (Lipinski definition) is 3. The van der Waals surface area contributed by atoms with Gasteiger partial charge in [-0.15, -0.1) is 0 Å². The lowest BCUT2D eigenvalue weighted by Crippen LogP contribution is -2.54. The molecule has 1 saturated carbocycles. The third-order valence-electron chi connectivity index (χ3n) is 6.00. The SMILES string of the molecule is C[C@@H]1Oc2ccc(NC(=O)CN3C(=O)N[C@]4(CCCC[C@H]4C)C3=O)cc2NC1=O. The second-order valence-corrected chi connectivity index (χ2v) is 7.95. The fraction of sp³-hybridized carbons (Fsp3) is 0.500. The molecule has 0 aromatic heterocycles. The zero-order valence-corrected chi connectivity index (χ0v) is 16.4. The maximum Gasteiger partial charge on any atom is 0.325 e. The summed E-state index contributed by atoms with van der Waals surface area (Å²) >= 11 is 0. The molecule has 1 saturated heterocycles. The van der Waals surface area contributed by atoms with E-state index in [2.05, 4.69) is 16.0 Å². The van der Waals surface area contributed by atoms with E-state index in [-0.39, 0.29) is 24.3 Å². The lowest BCUT2D eigenvalue weighted by atomic mass is 9.73. The van der Waals surface area contributed by atoms with Crippen molar-refractivity contribution in [3.63, 3.8) is 0 Å². The average Bonchev–Trinajstić information content (AvgIpc) is 2.90. The number of anilines is 2. The van der Waals surface area contributed by atoms with Gasteiger partial charge in [0.15, 0.2) is 6.10 Å². The zero-order chi connectivity index (χ0) is 20.8. The number of nitrogens with zero attached hydrogens (tertiary/aromatic N) is 1. The van der Waals surface area contributed by atoms with Crippen LogP contribution in [0.2, 0.25) is 0 Å². The molecule has 3 N–H and O–H groups in total. The molecular weight excluding hydrogens is 376 g/mol. The van der Waals surface area contributed by atoms with Crippen molar-refractivity contribution >= 4 is 35.1 Å². The van der Waals surface area contributed by atoms with Gasteiger partial charge in [-0.25, -0.2) is 4.79 Å². The topological polar surface area (TPSA) is 117 Å². The van der Waals surface area contributed by atoms with Crippen molar-refractivity contribution in [1.29, 1.82) is 0 Å². The summed E-state index contributed by atoms with van der Waals surface area (Å²) in [5.41, 5.74) is -0.00407. The number of amides is 5. The van der Waals surface area contributed by atoms with E-state index in [9.17, 15) is 19.2 Å². The van der Waals surface area contributed by atoms with Gasteiger partial charge < -0.3 is 20.7 Å². The first-order valence-corrected chi connectivity index (χ1v) is 9.86. The highest BCUT2D eigenvalue weighted by atomic mass is 16.5. The van der Waals surface area contributed by atoms with Crippen LogP contribution in [0.4, 0.5) is 16.2 Å². The van der Waals surface area contributed by atoms with Crippen LogP contribution in [0.5, 0.6) is 5.75 Å². The molecule has 154 valence electrons. The minimum atomic E-state index is -0.889. The van der Waals surface area contributed by atoms with Crippen LogP contribution in [-0.2, 0) is 14.4 Å². The van der Waals surface area contributed by atoms with Crippen molar-refractivity contribution in [2.75, 3.05) is 17.2 Å². The van der Waals surface area contributed by atoms with Gasteiger partial charge in [0.25, 0.3) is 11.8 Å². The molecule has 4 rings (SSSR count). The molecule has 0 radical (unpaired) electrons. The summed E-state index contributed by atoms with van der Waals surface area (Å²) in [5.74, 6) is -0.549. The van der Waals surface area contributed by atoms with E-state index in [1.165, 1.54) is 0 Å². The summed E-state index contributed by atoms with van der Waals surface area (Å²) in [4.78, 5) is 50.6. The maximum atomic E-state index is 12.9. The Morgan fingerprint density at radius 3 is 2.83 bits per heavy atom. The van der Waals surface area contributed by atoms with E-state index < -0.39 is 23.6 Å². The third kappa shape index (κ3) is 3.30. The Balaban J connectivity index is 1.44.